The molecule has 0 aliphatic carbocycles. The van der Waals surface area contributed by atoms with Gasteiger partial charge >= 0.3 is 0 Å². The van der Waals surface area contributed by atoms with E-state index < -0.39 is 0 Å². The van der Waals surface area contributed by atoms with Crippen molar-refractivity contribution in [2.75, 3.05) is 20.1 Å². The molecule has 0 spiro atoms. The molecule has 0 bridgehead atoms. The van der Waals surface area contributed by atoms with E-state index in [1.165, 1.54) is 33.3 Å². The highest BCUT2D eigenvalue weighted by Gasteiger charge is 2.27. The van der Waals surface area contributed by atoms with Crippen molar-refractivity contribution in [1.29, 1.82) is 0 Å². The van der Waals surface area contributed by atoms with Crippen LogP contribution < -0.4 is 5.73 Å². The lowest BCUT2D eigenvalue weighted by molar-refractivity contribution is 0.233. The van der Waals surface area contributed by atoms with Gasteiger partial charge in [-0.1, -0.05) is 11.6 Å². The molecule has 1 aromatic heterocycles. The van der Waals surface area contributed by atoms with Gasteiger partial charge in [0, 0.05) is 29.7 Å². The first-order valence-corrected chi connectivity index (χ1v) is 6.64. The van der Waals surface area contributed by atoms with Crippen molar-refractivity contribution in [3.63, 3.8) is 0 Å². The number of nitrogens with one attached hydrogen (secondary N) is 1. The van der Waals surface area contributed by atoms with Crippen LogP contribution in [0.1, 0.15) is 28.4 Å². The third kappa shape index (κ3) is 1.58. The first kappa shape index (κ1) is 11.8. The quantitative estimate of drug-likeness (QED) is 0.807. The second-order valence-electron chi connectivity index (χ2n) is 5.50. The molecule has 96 valence electrons. The molecule has 2 heterocycles. The Hall–Kier alpha value is -1.32. The van der Waals surface area contributed by atoms with E-state index >= 15 is 0 Å². The number of hydrogen-bond acceptors (Lipinski definition) is 2. The highest BCUT2D eigenvalue weighted by molar-refractivity contribution is 5.88. The normalized spacial score (nSPS) is 20.3. The number of H-pyrrole nitrogens is 1. The molecule has 3 heteroatoms. The number of aromatic nitrogens is 1. The van der Waals surface area contributed by atoms with Gasteiger partial charge in [0.1, 0.15) is 0 Å². The SMILES string of the molecule is Cc1cc(C)c2[nH]c3c(c2c1)CCN(C)C3CN. The molecule has 0 amide bonds. The van der Waals surface area contributed by atoms with Crippen molar-refractivity contribution in [2.45, 2.75) is 26.3 Å². The molecular formula is C15H21N3. The van der Waals surface area contributed by atoms with E-state index in [1.807, 2.05) is 0 Å². The number of hydrogen-bond donors (Lipinski definition) is 2. The van der Waals surface area contributed by atoms with Crippen molar-refractivity contribution >= 4 is 10.9 Å². The molecule has 2 aromatic rings. The van der Waals surface area contributed by atoms with Crippen LogP contribution in [0.25, 0.3) is 10.9 Å². The molecule has 1 aliphatic heterocycles. The lowest BCUT2D eigenvalue weighted by Gasteiger charge is -2.31. The molecule has 0 radical (unpaired) electrons. The Morgan fingerprint density at radius 1 is 1.39 bits per heavy atom. The van der Waals surface area contributed by atoms with Crippen molar-refractivity contribution in [3.05, 3.63) is 34.5 Å². The van der Waals surface area contributed by atoms with Gasteiger partial charge in [0.15, 0.2) is 0 Å². The Morgan fingerprint density at radius 2 is 2.17 bits per heavy atom. The fourth-order valence-electron chi connectivity index (χ4n) is 3.24. The third-order valence-electron chi connectivity index (χ3n) is 4.19. The number of benzene rings is 1. The van der Waals surface area contributed by atoms with Crippen LogP contribution in [0.15, 0.2) is 12.1 Å². The van der Waals surface area contributed by atoms with E-state index in [2.05, 4.69) is 42.9 Å². The summed E-state index contributed by atoms with van der Waals surface area (Å²) in [5.74, 6) is 0. The molecular weight excluding hydrogens is 222 g/mol. The first-order chi connectivity index (χ1) is 8.61. The smallest absolute Gasteiger partial charge is 0.0623 e. The maximum absolute atomic E-state index is 5.94. The molecule has 3 N–H and O–H groups in total. The second-order valence-corrected chi connectivity index (χ2v) is 5.50. The van der Waals surface area contributed by atoms with Crippen LogP contribution in [0.2, 0.25) is 0 Å². The van der Waals surface area contributed by atoms with Crippen LogP contribution in [0, 0.1) is 13.8 Å². The van der Waals surface area contributed by atoms with E-state index in [0.29, 0.717) is 12.6 Å². The Kier molecular flexibility index (Phi) is 2.68. The Labute approximate surface area is 108 Å². The topological polar surface area (TPSA) is 45.0 Å². The van der Waals surface area contributed by atoms with Crippen LogP contribution in [-0.4, -0.2) is 30.0 Å². The second kappa shape index (κ2) is 4.11. The van der Waals surface area contributed by atoms with Gasteiger partial charge in [-0.15, -0.1) is 0 Å². The minimum Gasteiger partial charge on any atom is -0.357 e. The number of aromatic amines is 1. The number of aryl methyl sites for hydroxylation is 2. The lowest BCUT2D eigenvalue weighted by Crippen LogP contribution is -2.36. The summed E-state index contributed by atoms with van der Waals surface area (Å²) in [6.45, 7) is 6.11. The van der Waals surface area contributed by atoms with Gasteiger partial charge < -0.3 is 10.7 Å². The minimum absolute atomic E-state index is 0.334. The van der Waals surface area contributed by atoms with Crippen molar-refractivity contribution < 1.29 is 0 Å². The largest absolute Gasteiger partial charge is 0.357 e. The molecule has 1 atom stereocenters. The number of nitrogens with two attached hydrogens (primary N) is 1. The minimum atomic E-state index is 0.334. The molecule has 0 fully saturated rings. The standard InChI is InChI=1S/C15H21N3/c1-9-6-10(2)14-12(7-9)11-4-5-18(3)13(8-16)15(11)17-14/h6-7,13,17H,4-5,8,16H2,1-3H3. The molecule has 0 saturated heterocycles. The molecule has 1 aromatic carbocycles. The van der Waals surface area contributed by atoms with Crippen LogP contribution >= 0.6 is 0 Å². The summed E-state index contributed by atoms with van der Waals surface area (Å²) in [6, 6.07) is 4.88. The third-order valence-corrected chi connectivity index (χ3v) is 4.19. The van der Waals surface area contributed by atoms with E-state index in [-0.39, 0.29) is 0 Å². The summed E-state index contributed by atoms with van der Waals surface area (Å²) in [7, 11) is 2.16. The van der Waals surface area contributed by atoms with Crippen LogP contribution in [0.3, 0.4) is 0 Å². The van der Waals surface area contributed by atoms with Crippen molar-refractivity contribution in [3.8, 4) is 0 Å². The maximum Gasteiger partial charge on any atom is 0.0623 e. The summed E-state index contributed by atoms with van der Waals surface area (Å²) < 4.78 is 0. The molecule has 1 unspecified atom stereocenters. The zero-order valence-electron chi connectivity index (χ0n) is 11.4. The molecule has 3 rings (SSSR count). The maximum atomic E-state index is 5.94. The lowest BCUT2D eigenvalue weighted by atomic mass is 9.96. The van der Waals surface area contributed by atoms with Gasteiger partial charge in [0.25, 0.3) is 0 Å². The summed E-state index contributed by atoms with van der Waals surface area (Å²) in [5.41, 5.74) is 12.7. The van der Waals surface area contributed by atoms with Crippen LogP contribution in [0.4, 0.5) is 0 Å². The van der Waals surface area contributed by atoms with Gasteiger partial charge in [0.05, 0.1) is 6.04 Å². The van der Waals surface area contributed by atoms with Crippen LogP contribution in [-0.2, 0) is 6.42 Å². The van der Waals surface area contributed by atoms with Gasteiger partial charge in [-0.05, 0) is 44.5 Å². The molecule has 1 aliphatic rings. The first-order valence-electron chi connectivity index (χ1n) is 6.64. The van der Waals surface area contributed by atoms with Crippen LogP contribution in [0.5, 0.6) is 0 Å². The Morgan fingerprint density at radius 3 is 2.89 bits per heavy atom. The number of rotatable bonds is 1. The summed E-state index contributed by atoms with van der Waals surface area (Å²) in [4.78, 5) is 5.97. The van der Waals surface area contributed by atoms with E-state index in [9.17, 15) is 0 Å². The monoisotopic (exact) mass is 243 g/mol. The zero-order chi connectivity index (χ0) is 12.9. The Bertz CT molecular complexity index is 597. The molecule has 0 saturated carbocycles. The fourth-order valence-corrected chi connectivity index (χ4v) is 3.24. The number of fused-ring (bicyclic) bond motifs is 3. The van der Waals surface area contributed by atoms with Crippen molar-refractivity contribution in [2.24, 2.45) is 5.73 Å². The number of likely N-dealkylation sites (N-methyl/N-ethyl adjacent to an activating group) is 1. The van der Waals surface area contributed by atoms with E-state index in [4.69, 9.17) is 5.73 Å². The van der Waals surface area contributed by atoms with E-state index in [0.717, 1.165) is 13.0 Å². The molecule has 3 nitrogen and oxygen atoms in total. The van der Waals surface area contributed by atoms with Gasteiger partial charge in [-0.2, -0.15) is 0 Å². The van der Waals surface area contributed by atoms with Gasteiger partial charge in [-0.25, -0.2) is 0 Å². The summed E-state index contributed by atoms with van der Waals surface area (Å²) >= 11 is 0. The highest BCUT2D eigenvalue weighted by atomic mass is 15.2. The van der Waals surface area contributed by atoms with Gasteiger partial charge in [-0.3, -0.25) is 4.90 Å². The zero-order valence-corrected chi connectivity index (χ0v) is 11.4. The summed E-state index contributed by atoms with van der Waals surface area (Å²) in [5, 5.41) is 1.40. The average molecular weight is 243 g/mol. The van der Waals surface area contributed by atoms with E-state index in [1.54, 1.807) is 0 Å². The van der Waals surface area contributed by atoms with Crippen molar-refractivity contribution in [1.82, 2.24) is 9.88 Å². The fraction of sp³-hybridized carbons (Fsp3) is 0.467. The van der Waals surface area contributed by atoms with Gasteiger partial charge in [0.2, 0.25) is 0 Å². The number of nitrogens with zero attached hydrogens (tertiary/aromatic N) is 1. The molecule has 18 heavy (non-hydrogen) atoms. The summed E-state index contributed by atoms with van der Waals surface area (Å²) in [6.07, 6.45) is 1.12. The average Bonchev–Trinajstić information content (AvgIpc) is 2.68. The predicted octanol–water partition coefficient (Wildman–Crippen LogP) is 2.27. The predicted molar refractivity (Wildman–Crippen MR) is 75.9 cm³/mol. The Balaban J connectivity index is 2.28. The highest BCUT2D eigenvalue weighted by Crippen LogP contribution is 2.34.